The van der Waals surface area contributed by atoms with Gasteiger partial charge in [0.15, 0.2) is 0 Å². The number of nitrogens with two attached hydrogens (primary N) is 1. The van der Waals surface area contributed by atoms with E-state index in [1.807, 2.05) is 6.92 Å². The predicted molar refractivity (Wildman–Crippen MR) is 68.4 cm³/mol. The van der Waals surface area contributed by atoms with Crippen molar-refractivity contribution in [1.82, 2.24) is 4.31 Å². The van der Waals surface area contributed by atoms with E-state index in [-0.39, 0.29) is 18.3 Å². The number of sulfonamides is 1. The molecule has 0 unspecified atom stereocenters. The average molecular weight is 278 g/mol. The molecule has 1 aliphatic rings. The molecule has 0 aromatic rings. The van der Waals surface area contributed by atoms with Crippen molar-refractivity contribution in [3.8, 4) is 0 Å². The molecule has 6 nitrogen and oxygen atoms in total. The molecular formula is C11H22N2O4S. The van der Waals surface area contributed by atoms with Gasteiger partial charge in [-0.1, -0.05) is 13.3 Å². The van der Waals surface area contributed by atoms with E-state index < -0.39 is 22.0 Å². The van der Waals surface area contributed by atoms with Crippen LogP contribution in [-0.4, -0.2) is 50.2 Å². The van der Waals surface area contributed by atoms with Crippen molar-refractivity contribution in [2.24, 2.45) is 5.73 Å². The van der Waals surface area contributed by atoms with Crippen LogP contribution in [0.15, 0.2) is 0 Å². The number of hydrogen-bond donors (Lipinski definition) is 1. The summed E-state index contributed by atoms with van der Waals surface area (Å²) in [5.41, 5.74) is 5.80. The van der Waals surface area contributed by atoms with Gasteiger partial charge in [-0.2, -0.15) is 4.31 Å². The van der Waals surface area contributed by atoms with Crippen LogP contribution in [0.2, 0.25) is 0 Å². The first-order valence-corrected chi connectivity index (χ1v) is 7.86. The Kier molecular flexibility index (Phi) is 5.55. The first-order chi connectivity index (χ1) is 8.42. The van der Waals surface area contributed by atoms with Crippen molar-refractivity contribution >= 4 is 16.0 Å². The fourth-order valence-electron chi connectivity index (χ4n) is 2.09. The summed E-state index contributed by atoms with van der Waals surface area (Å²) in [5.74, 6) is -0.439. The molecule has 0 aromatic heterocycles. The molecule has 0 saturated carbocycles. The standard InChI is InChI=1S/C11H22N2O4S/c1-3-4-7-18(15,16)13-8-9(12)5-6-10(13)11(14)17-2/h9-10H,3-8,12H2,1-2H3/t9-,10-/m0/s1. The molecular weight excluding hydrogens is 256 g/mol. The highest BCUT2D eigenvalue weighted by Crippen LogP contribution is 2.22. The third-order valence-corrected chi connectivity index (χ3v) is 5.08. The summed E-state index contributed by atoms with van der Waals surface area (Å²) in [6.45, 7) is 2.13. The molecule has 106 valence electrons. The van der Waals surface area contributed by atoms with Gasteiger partial charge < -0.3 is 10.5 Å². The zero-order valence-corrected chi connectivity index (χ0v) is 11.8. The normalized spacial score (nSPS) is 25.9. The Hall–Kier alpha value is -0.660. The van der Waals surface area contributed by atoms with Gasteiger partial charge in [-0.05, 0) is 19.3 Å². The van der Waals surface area contributed by atoms with Crippen LogP contribution in [0.25, 0.3) is 0 Å². The number of nitrogens with zero attached hydrogens (tertiary/aromatic N) is 1. The van der Waals surface area contributed by atoms with Crippen LogP contribution in [0.1, 0.15) is 32.6 Å². The van der Waals surface area contributed by atoms with E-state index in [1.54, 1.807) is 0 Å². The molecule has 1 fully saturated rings. The number of carbonyl (C=O) groups is 1. The highest BCUT2D eigenvalue weighted by molar-refractivity contribution is 7.89. The molecule has 0 aromatic carbocycles. The van der Waals surface area contributed by atoms with Crippen LogP contribution in [0.3, 0.4) is 0 Å². The van der Waals surface area contributed by atoms with E-state index >= 15 is 0 Å². The topological polar surface area (TPSA) is 89.7 Å². The van der Waals surface area contributed by atoms with Gasteiger partial charge in [0.25, 0.3) is 0 Å². The minimum absolute atomic E-state index is 0.0592. The number of esters is 1. The van der Waals surface area contributed by atoms with Crippen molar-refractivity contribution in [3.05, 3.63) is 0 Å². The summed E-state index contributed by atoms with van der Waals surface area (Å²) in [6, 6.07) is -0.918. The Morgan fingerprint density at radius 3 is 2.67 bits per heavy atom. The van der Waals surface area contributed by atoms with Crippen LogP contribution >= 0.6 is 0 Å². The Balaban J connectivity index is 2.88. The molecule has 0 radical (unpaired) electrons. The largest absolute Gasteiger partial charge is 0.468 e. The van der Waals surface area contributed by atoms with Gasteiger partial charge in [-0.3, -0.25) is 4.79 Å². The maximum atomic E-state index is 12.2. The number of unbranched alkanes of at least 4 members (excludes halogenated alkanes) is 1. The SMILES string of the molecule is CCCCS(=O)(=O)N1C[C@@H](N)CC[C@H]1C(=O)OC. The minimum atomic E-state index is -3.43. The second-order valence-corrected chi connectivity index (χ2v) is 6.66. The Bertz CT molecular complexity index is 383. The molecule has 0 bridgehead atoms. The molecule has 2 N–H and O–H groups in total. The smallest absolute Gasteiger partial charge is 0.324 e. The molecule has 0 aliphatic carbocycles. The van der Waals surface area contributed by atoms with E-state index in [1.165, 1.54) is 11.4 Å². The van der Waals surface area contributed by atoms with Crippen molar-refractivity contribution < 1.29 is 17.9 Å². The third kappa shape index (κ3) is 3.66. The minimum Gasteiger partial charge on any atom is -0.468 e. The van der Waals surface area contributed by atoms with Gasteiger partial charge in [0.05, 0.1) is 12.9 Å². The van der Waals surface area contributed by atoms with Crippen molar-refractivity contribution in [3.63, 3.8) is 0 Å². The van der Waals surface area contributed by atoms with Crippen LogP contribution in [0.5, 0.6) is 0 Å². The van der Waals surface area contributed by atoms with Crippen molar-refractivity contribution in [2.45, 2.75) is 44.7 Å². The van der Waals surface area contributed by atoms with E-state index in [2.05, 4.69) is 4.74 Å². The molecule has 1 saturated heterocycles. The summed E-state index contributed by atoms with van der Waals surface area (Å²) >= 11 is 0. The number of ether oxygens (including phenoxy) is 1. The second kappa shape index (κ2) is 6.49. The molecule has 0 amide bonds. The summed E-state index contributed by atoms with van der Waals surface area (Å²) in [4.78, 5) is 11.6. The molecule has 1 rings (SSSR count). The van der Waals surface area contributed by atoms with Crippen molar-refractivity contribution in [2.75, 3.05) is 19.4 Å². The molecule has 0 spiro atoms. The maximum absolute atomic E-state index is 12.2. The number of hydrogen-bond acceptors (Lipinski definition) is 5. The number of piperidine rings is 1. The lowest BCUT2D eigenvalue weighted by molar-refractivity contribution is -0.146. The Labute approximate surface area is 109 Å². The van der Waals surface area contributed by atoms with Gasteiger partial charge >= 0.3 is 5.97 Å². The van der Waals surface area contributed by atoms with Crippen LogP contribution < -0.4 is 5.73 Å². The van der Waals surface area contributed by atoms with Gasteiger partial charge in [-0.15, -0.1) is 0 Å². The van der Waals surface area contributed by atoms with Crippen LogP contribution in [0, 0.1) is 0 Å². The average Bonchev–Trinajstić information content (AvgIpc) is 2.35. The number of rotatable bonds is 5. The summed E-state index contributed by atoms with van der Waals surface area (Å²) in [7, 11) is -2.16. The Morgan fingerprint density at radius 2 is 2.11 bits per heavy atom. The lowest BCUT2D eigenvalue weighted by Gasteiger charge is -2.35. The zero-order chi connectivity index (χ0) is 13.8. The maximum Gasteiger partial charge on any atom is 0.324 e. The van der Waals surface area contributed by atoms with Crippen LogP contribution in [0.4, 0.5) is 0 Å². The van der Waals surface area contributed by atoms with E-state index in [4.69, 9.17) is 5.73 Å². The monoisotopic (exact) mass is 278 g/mol. The molecule has 7 heteroatoms. The zero-order valence-electron chi connectivity index (χ0n) is 11.0. The fourth-order valence-corrected chi connectivity index (χ4v) is 3.97. The van der Waals surface area contributed by atoms with E-state index in [0.717, 1.165) is 6.42 Å². The predicted octanol–water partition coefficient (Wildman–Crippen LogP) is 0.0810. The van der Waals surface area contributed by atoms with Gasteiger partial charge in [0.1, 0.15) is 6.04 Å². The van der Waals surface area contributed by atoms with Gasteiger partial charge in [0, 0.05) is 12.6 Å². The second-order valence-electron chi connectivity index (χ2n) is 4.62. The van der Waals surface area contributed by atoms with Crippen molar-refractivity contribution in [1.29, 1.82) is 0 Å². The highest BCUT2D eigenvalue weighted by atomic mass is 32.2. The summed E-state index contributed by atoms with van der Waals surface area (Å²) in [6.07, 6.45) is 2.45. The summed E-state index contributed by atoms with van der Waals surface area (Å²) in [5, 5.41) is 0. The first-order valence-electron chi connectivity index (χ1n) is 6.25. The van der Waals surface area contributed by atoms with Gasteiger partial charge in [0.2, 0.25) is 10.0 Å². The lowest BCUT2D eigenvalue weighted by atomic mass is 10.0. The number of methoxy groups -OCH3 is 1. The van der Waals surface area contributed by atoms with E-state index in [0.29, 0.717) is 19.3 Å². The lowest BCUT2D eigenvalue weighted by Crippen LogP contribution is -2.55. The van der Waals surface area contributed by atoms with E-state index in [9.17, 15) is 13.2 Å². The molecule has 1 heterocycles. The summed E-state index contributed by atoms with van der Waals surface area (Å²) < 4.78 is 30.3. The Morgan fingerprint density at radius 1 is 1.44 bits per heavy atom. The fraction of sp³-hybridized carbons (Fsp3) is 0.909. The van der Waals surface area contributed by atoms with Crippen LogP contribution in [-0.2, 0) is 19.6 Å². The molecule has 2 atom stereocenters. The number of carbonyl (C=O) groups excluding carboxylic acids is 1. The quantitative estimate of drug-likeness (QED) is 0.719. The molecule has 18 heavy (non-hydrogen) atoms. The first kappa shape index (κ1) is 15.4. The van der Waals surface area contributed by atoms with Gasteiger partial charge in [-0.25, -0.2) is 8.42 Å². The highest BCUT2D eigenvalue weighted by Gasteiger charge is 2.39. The molecule has 1 aliphatic heterocycles. The third-order valence-electron chi connectivity index (χ3n) is 3.16.